The van der Waals surface area contributed by atoms with Crippen molar-refractivity contribution in [2.24, 2.45) is 11.7 Å². The first-order chi connectivity index (χ1) is 8.52. The zero-order valence-electron chi connectivity index (χ0n) is 11.4. The van der Waals surface area contributed by atoms with E-state index in [2.05, 4.69) is 29.0 Å². The van der Waals surface area contributed by atoms with Gasteiger partial charge in [-0.15, -0.1) is 0 Å². The molecule has 0 bridgehead atoms. The minimum absolute atomic E-state index is 0.467. The van der Waals surface area contributed by atoms with E-state index in [1.807, 2.05) is 20.2 Å². The molecule has 4 heteroatoms. The molecular weight excluding hydrogens is 246 g/mol. The summed E-state index contributed by atoms with van der Waals surface area (Å²) < 4.78 is 0. The maximum absolute atomic E-state index is 6.21. The molecule has 1 fully saturated rings. The average molecular weight is 268 g/mol. The van der Waals surface area contributed by atoms with Gasteiger partial charge in [-0.1, -0.05) is 17.7 Å². The van der Waals surface area contributed by atoms with Crippen molar-refractivity contribution in [3.8, 4) is 0 Å². The maximum atomic E-state index is 6.21. The smallest absolute Gasteiger partial charge is 0.0639 e. The molecule has 2 N–H and O–H groups in total. The highest BCUT2D eigenvalue weighted by Crippen LogP contribution is 2.36. The molecule has 100 valence electrons. The second-order valence-corrected chi connectivity index (χ2v) is 5.81. The van der Waals surface area contributed by atoms with Crippen molar-refractivity contribution in [3.05, 3.63) is 28.8 Å². The van der Waals surface area contributed by atoms with Gasteiger partial charge >= 0.3 is 0 Å². The monoisotopic (exact) mass is 267 g/mol. The largest absolute Gasteiger partial charge is 0.376 e. The molecule has 1 aliphatic rings. The molecule has 0 aliphatic carbocycles. The topological polar surface area (TPSA) is 32.5 Å². The summed E-state index contributed by atoms with van der Waals surface area (Å²) >= 11 is 6.21. The van der Waals surface area contributed by atoms with Crippen LogP contribution in [0.1, 0.15) is 18.0 Å². The lowest BCUT2D eigenvalue weighted by molar-refractivity contribution is 0.314. The van der Waals surface area contributed by atoms with Crippen LogP contribution in [0.3, 0.4) is 0 Å². The van der Waals surface area contributed by atoms with Crippen LogP contribution in [-0.2, 0) is 0 Å². The summed E-state index contributed by atoms with van der Waals surface area (Å²) in [7, 11) is 6.21. The molecule has 0 saturated carbocycles. The lowest BCUT2D eigenvalue weighted by Gasteiger charge is -2.22. The average Bonchev–Trinajstić information content (AvgIpc) is 2.71. The predicted molar refractivity (Wildman–Crippen MR) is 78.3 cm³/mol. The Morgan fingerprint density at radius 1 is 1.44 bits per heavy atom. The van der Waals surface area contributed by atoms with E-state index in [1.165, 1.54) is 5.56 Å². The summed E-state index contributed by atoms with van der Waals surface area (Å²) in [6, 6.07) is 6.79. The van der Waals surface area contributed by atoms with E-state index in [-0.39, 0.29) is 0 Å². The fourth-order valence-corrected chi connectivity index (χ4v) is 3.03. The van der Waals surface area contributed by atoms with Crippen LogP contribution in [0.15, 0.2) is 18.2 Å². The first kappa shape index (κ1) is 13.7. The van der Waals surface area contributed by atoms with Crippen LogP contribution in [0.4, 0.5) is 5.69 Å². The Morgan fingerprint density at radius 2 is 2.17 bits per heavy atom. The van der Waals surface area contributed by atoms with Gasteiger partial charge in [0.05, 0.1) is 10.7 Å². The highest BCUT2D eigenvalue weighted by Gasteiger charge is 2.29. The van der Waals surface area contributed by atoms with E-state index < -0.39 is 0 Å². The Labute approximate surface area is 115 Å². The number of nitrogens with zero attached hydrogens (tertiary/aromatic N) is 2. The third kappa shape index (κ3) is 2.63. The van der Waals surface area contributed by atoms with E-state index in [1.54, 1.807) is 0 Å². The van der Waals surface area contributed by atoms with Crippen molar-refractivity contribution in [2.75, 3.05) is 39.1 Å². The first-order valence-corrected chi connectivity index (χ1v) is 6.77. The van der Waals surface area contributed by atoms with Crippen LogP contribution >= 0.6 is 11.6 Å². The zero-order chi connectivity index (χ0) is 13.3. The molecule has 2 atom stereocenters. The molecule has 18 heavy (non-hydrogen) atoms. The van der Waals surface area contributed by atoms with Crippen LogP contribution in [0, 0.1) is 5.92 Å². The maximum Gasteiger partial charge on any atom is 0.0639 e. The van der Waals surface area contributed by atoms with Crippen LogP contribution in [0.2, 0.25) is 5.02 Å². The predicted octanol–water partition coefficient (Wildman–Crippen LogP) is 2.36. The fourth-order valence-electron chi connectivity index (χ4n) is 2.75. The molecule has 0 aromatic heterocycles. The summed E-state index contributed by atoms with van der Waals surface area (Å²) in [4.78, 5) is 4.45. The van der Waals surface area contributed by atoms with Crippen LogP contribution in [-0.4, -0.2) is 39.1 Å². The molecule has 1 heterocycles. The van der Waals surface area contributed by atoms with Gasteiger partial charge in [-0.3, -0.25) is 4.90 Å². The molecular formula is C14H22ClN3. The number of halogens is 1. The van der Waals surface area contributed by atoms with Gasteiger partial charge in [-0.25, -0.2) is 0 Å². The van der Waals surface area contributed by atoms with Crippen molar-refractivity contribution >= 4 is 17.3 Å². The zero-order valence-corrected chi connectivity index (χ0v) is 12.1. The van der Waals surface area contributed by atoms with Crippen LogP contribution in [0.25, 0.3) is 0 Å². The Morgan fingerprint density at radius 3 is 2.72 bits per heavy atom. The van der Waals surface area contributed by atoms with Gasteiger partial charge in [0.2, 0.25) is 0 Å². The number of likely N-dealkylation sites (tertiary alicyclic amines) is 1. The first-order valence-electron chi connectivity index (χ1n) is 6.40. The summed E-state index contributed by atoms with van der Waals surface area (Å²) in [6.45, 7) is 1.86. The van der Waals surface area contributed by atoms with E-state index >= 15 is 0 Å². The van der Waals surface area contributed by atoms with Crippen molar-refractivity contribution in [2.45, 2.75) is 12.5 Å². The van der Waals surface area contributed by atoms with E-state index in [4.69, 9.17) is 17.3 Å². The fraction of sp³-hybridized carbons (Fsp3) is 0.571. The molecule has 1 aliphatic heterocycles. The standard InChI is InChI=1S/C14H22ClN3/c1-17(2)14-7-11(4-5-12(14)15)13-6-10(8-16)9-18(13)3/h4-5,7,10,13H,6,8-9,16H2,1-3H3. The second kappa shape index (κ2) is 5.47. The molecule has 0 amide bonds. The van der Waals surface area contributed by atoms with Crippen molar-refractivity contribution in [1.29, 1.82) is 0 Å². The molecule has 1 saturated heterocycles. The number of hydrogen-bond donors (Lipinski definition) is 1. The lowest BCUT2D eigenvalue weighted by Crippen LogP contribution is -2.20. The molecule has 0 radical (unpaired) electrons. The minimum atomic E-state index is 0.467. The Balaban J connectivity index is 2.26. The lowest BCUT2D eigenvalue weighted by atomic mass is 9.99. The van der Waals surface area contributed by atoms with Gasteiger partial charge in [-0.05, 0) is 43.6 Å². The van der Waals surface area contributed by atoms with Gasteiger partial charge in [-0.2, -0.15) is 0 Å². The molecule has 1 aromatic carbocycles. The minimum Gasteiger partial charge on any atom is -0.376 e. The summed E-state index contributed by atoms with van der Waals surface area (Å²) in [5, 5.41) is 0.805. The van der Waals surface area contributed by atoms with Crippen molar-refractivity contribution in [3.63, 3.8) is 0 Å². The van der Waals surface area contributed by atoms with Gasteiger partial charge < -0.3 is 10.6 Å². The summed E-state index contributed by atoms with van der Waals surface area (Å²) in [6.07, 6.45) is 1.14. The van der Waals surface area contributed by atoms with Gasteiger partial charge in [0, 0.05) is 26.7 Å². The third-order valence-corrected chi connectivity index (χ3v) is 4.12. The Kier molecular flexibility index (Phi) is 4.15. The highest BCUT2D eigenvalue weighted by molar-refractivity contribution is 6.33. The third-order valence-electron chi connectivity index (χ3n) is 3.80. The Hall–Kier alpha value is -0.770. The van der Waals surface area contributed by atoms with E-state index in [0.717, 1.165) is 30.2 Å². The van der Waals surface area contributed by atoms with Gasteiger partial charge in [0.25, 0.3) is 0 Å². The second-order valence-electron chi connectivity index (χ2n) is 5.40. The van der Waals surface area contributed by atoms with Gasteiger partial charge in [0.15, 0.2) is 0 Å². The molecule has 2 rings (SSSR count). The summed E-state index contributed by atoms with van der Waals surface area (Å²) in [5.74, 6) is 0.610. The number of rotatable bonds is 3. The van der Waals surface area contributed by atoms with E-state index in [9.17, 15) is 0 Å². The number of benzene rings is 1. The highest BCUT2D eigenvalue weighted by atomic mass is 35.5. The number of hydrogen-bond acceptors (Lipinski definition) is 3. The van der Waals surface area contributed by atoms with Gasteiger partial charge in [0.1, 0.15) is 0 Å². The molecule has 1 aromatic rings. The Bertz CT molecular complexity index is 420. The summed E-state index contributed by atoms with van der Waals surface area (Å²) in [5.41, 5.74) is 8.20. The van der Waals surface area contributed by atoms with E-state index in [0.29, 0.717) is 12.0 Å². The molecule has 0 spiro atoms. The van der Waals surface area contributed by atoms with Crippen molar-refractivity contribution < 1.29 is 0 Å². The SMILES string of the molecule is CN(C)c1cc(C2CC(CN)CN2C)ccc1Cl. The van der Waals surface area contributed by atoms with Crippen LogP contribution in [0.5, 0.6) is 0 Å². The molecule has 2 unspecified atom stereocenters. The number of anilines is 1. The van der Waals surface area contributed by atoms with Crippen molar-refractivity contribution in [1.82, 2.24) is 4.90 Å². The molecule has 3 nitrogen and oxygen atoms in total. The quantitative estimate of drug-likeness (QED) is 0.913. The number of nitrogens with two attached hydrogens (primary N) is 1. The normalized spacial score (nSPS) is 24.5. The van der Waals surface area contributed by atoms with Crippen LogP contribution < -0.4 is 10.6 Å².